The van der Waals surface area contributed by atoms with Gasteiger partial charge in [0.05, 0.1) is 18.2 Å². The van der Waals surface area contributed by atoms with Gasteiger partial charge >= 0.3 is 0 Å². The van der Waals surface area contributed by atoms with Crippen LogP contribution >= 0.6 is 11.3 Å². The van der Waals surface area contributed by atoms with E-state index in [1.165, 1.54) is 18.2 Å². The highest BCUT2D eigenvalue weighted by Crippen LogP contribution is 2.26. The van der Waals surface area contributed by atoms with Gasteiger partial charge in [0.25, 0.3) is 10.0 Å². The highest BCUT2D eigenvalue weighted by Gasteiger charge is 2.28. The van der Waals surface area contributed by atoms with Crippen LogP contribution in [0, 0.1) is 17.1 Å². The maximum absolute atomic E-state index is 13.3. The Balaban J connectivity index is 1.84. The lowest BCUT2D eigenvalue weighted by Gasteiger charge is -2.23. The number of nitrogens with one attached hydrogen (secondary N) is 1. The Kier molecular flexibility index (Phi) is 6.26. The molecule has 0 fully saturated rings. The average molecular weight is 429 g/mol. The highest BCUT2D eigenvalue weighted by molar-refractivity contribution is 7.94. The number of amides is 1. The quantitative estimate of drug-likeness (QED) is 0.619. The number of benzene rings is 2. The van der Waals surface area contributed by atoms with Gasteiger partial charge in [-0.25, -0.2) is 12.8 Å². The summed E-state index contributed by atoms with van der Waals surface area (Å²) in [4.78, 5) is 12.5. The second kappa shape index (κ2) is 8.86. The molecule has 6 nitrogen and oxygen atoms in total. The molecule has 1 amide bonds. The van der Waals surface area contributed by atoms with Crippen molar-refractivity contribution in [2.75, 3.05) is 16.2 Å². The third kappa shape index (κ3) is 4.99. The van der Waals surface area contributed by atoms with Gasteiger partial charge in [0.1, 0.15) is 16.6 Å². The van der Waals surface area contributed by atoms with Gasteiger partial charge in [0.2, 0.25) is 5.91 Å². The lowest BCUT2D eigenvalue weighted by Crippen LogP contribution is -2.37. The standard InChI is InChI=1S/C20H16FN3O3S2/c21-16-5-9-18(10-6-16)24(29(26,27)20-2-1-13-28-20)14-19(25)23-17-7-3-15(4-8-17)11-12-22/h1-10,13H,11,14H2,(H,23,25). The van der Waals surface area contributed by atoms with Crippen LogP contribution in [-0.2, 0) is 21.2 Å². The summed E-state index contributed by atoms with van der Waals surface area (Å²) in [6.07, 6.45) is 0.256. The smallest absolute Gasteiger partial charge is 0.274 e. The summed E-state index contributed by atoms with van der Waals surface area (Å²) >= 11 is 1.03. The molecule has 2 aromatic carbocycles. The number of nitrogens with zero attached hydrogens (tertiary/aromatic N) is 2. The molecule has 1 N–H and O–H groups in total. The van der Waals surface area contributed by atoms with E-state index in [1.54, 1.807) is 35.7 Å². The Bertz CT molecular complexity index is 1120. The molecule has 0 aliphatic heterocycles. The van der Waals surface area contributed by atoms with Crippen LogP contribution in [0.4, 0.5) is 15.8 Å². The lowest BCUT2D eigenvalue weighted by atomic mass is 10.1. The summed E-state index contributed by atoms with van der Waals surface area (Å²) in [7, 11) is -3.99. The van der Waals surface area contributed by atoms with Crippen LogP contribution in [0.3, 0.4) is 0 Å². The van der Waals surface area contributed by atoms with Crippen molar-refractivity contribution >= 4 is 38.6 Å². The molecule has 1 heterocycles. The van der Waals surface area contributed by atoms with Gasteiger partial charge in [-0.15, -0.1) is 11.3 Å². The van der Waals surface area contributed by atoms with Gasteiger partial charge < -0.3 is 5.32 Å². The normalized spacial score (nSPS) is 10.9. The summed E-state index contributed by atoms with van der Waals surface area (Å²) in [5, 5.41) is 13.0. The zero-order valence-corrected chi connectivity index (χ0v) is 16.7. The summed E-state index contributed by atoms with van der Waals surface area (Å²) in [5.41, 5.74) is 1.46. The molecule has 9 heteroatoms. The zero-order chi connectivity index (χ0) is 20.9. The molecule has 29 heavy (non-hydrogen) atoms. The lowest BCUT2D eigenvalue weighted by molar-refractivity contribution is -0.114. The number of carbonyl (C=O) groups is 1. The van der Waals surface area contributed by atoms with Crippen molar-refractivity contribution in [3.63, 3.8) is 0 Å². The molecular formula is C20H16FN3O3S2. The van der Waals surface area contributed by atoms with E-state index >= 15 is 0 Å². The number of rotatable bonds is 7. The molecule has 3 aromatic rings. The monoisotopic (exact) mass is 429 g/mol. The second-order valence-electron chi connectivity index (χ2n) is 6.00. The van der Waals surface area contributed by atoms with Crippen LogP contribution in [-0.4, -0.2) is 20.9 Å². The molecular weight excluding hydrogens is 413 g/mol. The summed E-state index contributed by atoms with van der Waals surface area (Å²) in [6, 6.07) is 16.7. The number of carbonyl (C=O) groups excluding carboxylic acids is 1. The number of sulfonamides is 1. The van der Waals surface area contributed by atoms with E-state index in [0.717, 1.165) is 33.3 Å². The number of hydrogen-bond acceptors (Lipinski definition) is 5. The minimum atomic E-state index is -3.99. The van der Waals surface area contributed by atoms with Gasteiger partial charge in [-0.2, -0.15) is 5.26 Å². The van der Waals surface area contributed by atoms with E-state index in [-0.39, 0.29) is 16.3 Å². The fourth-order valence-electron chi connectivity index (χ4n) is 2.57. The summed E-state index contributed by atoms with van der Waals surface area (Å²) in [6.45, 7) is -0.480. The predicted octanol–water partition coefficient (Wildman–Crippen LogP) is 3.79. The first-order valence-electron chi connectivity index (χ1n) is 8.48. The van der Waals surface area contributed by atoms with E-state index < -0.39 is 28.3 Å². The average Bonchev–Trinajstić information content (AvgIpc) is 3.24. The van der Waals surface area contributed by atoms with Crippen molar-refractivity contribution in [1.82, 2.24) is 0 Å². The molecule has 3 rings (SSSR count). The number of thiophene rings is 1. The Morgan fingerprint density at radius 1 is 1.10 bits per heavy atom. The van der Waals surface area contributed by atoms with Gasteiger partial charge in [-0.05, 0) is 53.4 Å². The Morgan fingerprint density at radius 2 is 1.79 bits per heavy atom. The number of hydrogen-bond donors (Lipinski definition) is 1. The Labute approximate surface area is 171 Å². The largest absolute Gasteiger partial charge is 0.325 e. The third-order valence-corrected chi connectivity index (χ3v) is 7.11. The van der Waals surface area contributed by atoms with Crippen molar-refractivity contribution in [3.8, 4) is 6.07 Å². The predicted molar refractivity (Wildman–Crippen MR) is 110 cm³/mol. The Hall–Kier alpha value is -3.22. The number of halogens is 1. The first-order valence-corrected chi connectivity index (χ1v) is 10.8. The van der Waals surface area contributed by atoms with Crippen LogP contribution in [0.2, 0.25) is 0 Å². The van der Waals surface area contributed by atoms with Gasteiger partial charge in [0.15, 0.2) is 0 Å². The van der Waals surface area contributed by atoms with Crippen molar-refractivity contribution in [1.29, 1.82) is 5.26 Å². The van der Waals surface area contributed by atoms with Crippen molar-refractivity contribution < 1.29 is 17.6 Å². The number of nitriles is 1. The highest BCUT2D eigenvalue weighted by atomic mass is 32.2. The van der Waals surface area contributed by atoms with Gasteiger partial charge in [0, 0.05) is 5.69 Å². The van der Waals surface area contributed by atoms with Crippen molar-refractivity contribution in [2.45, 2.75) is 10.6 Å². The summed E-state index contributed by atoms with van der Waals surface area (Å²) in [5.74, 6) is -1.06. The molecule has 0 aliphatic rings. The van der Waals surface area contributed by atoms with E-state index in [9.17, 15) is 17.6 Å². The first-order chi connectivity index (χ1) is 13.9. The molecule has 0 spiro atoms. The fraction of sp³-hybridized carbons (Fsp3) is 0.100. The molecule has 0 aliphatic carbocycles. The van der Waals surface area contributed by atoms with Crippen LogP contribution < -0.4 is 9.62 Å². The molecule has 0 bridgehead atoms. The van der Waals surface area contributed by atoms with Gasteiger partial charge in [-0.1, -0.05) is 18.2 Å². The minimum absolute atomic E-state index is 0.0791. The van der Waals surface area contributed by atoms with Crippen LogP contribution in [0.15, 0.2) is 70.3 Å². The van der Waals surface area contributed by atoms with Crippen molar-refractivity contribution in [3.05, 3.63) is 77.4 Å². The molecule has 1 aromatic heterocycles. The van der Waals surface area contributed by atoms with E-state index in [2.05, 4.69) is 5.32 Å². The molecule has 0 saturated carbocycles. The van der Waals surface area contributed by atoms with Crippen LogP contribution in [0.5, 0.6) is 0 Å². The van der Waals surface area contributed by atoms with Crippen molar-refractivity contribution in [2.24, 2.45) is 0 Å². The first kappa shape index (κ1) is 20.5. The van der Waals surface area contributed by atoms with E-state index in [1.807, 2.05) is 6.07 Å². The third-order valence-electron chi connectivity index (χ3n) is 3.96. The van der Waals surface area contributed by atoms with Gasteiger partial charge in [-0.3, -0.25) is 9.10 Å². The van der Waals surface area contributed by atoms with E-state index in [0.29, 0.717) is 5.69 Å². The maximum Gasteiger partial charge on any atom is 0.274 e. The topological polar surface area (TPSA) is 90.3 Å². The second-order valence-corrected chi connectivity index (χ2v) is 9.04. The minimum Gasteiger partial charge on any atom is -0.325 e. The molecule has 148 valence electrons. The fourth-order valence-corrected chi connectivity index (χ4v) is 5.10. The maximum atomic E-state index is 13.3. The van der Waals surface area contributed by atoms with E-state index in [4.69, 9.17) is 5.26 Å². The molecule has 0 saturated heterocycles. The van der Waals surface area contributed by atoms with Crippen LogP contribution in [0.25, 0.3) is 0 Å². The molecule has 0 unspecified atom stereocenters. The molecule has 0 atom stereocenters. The zero-order valence-electron chi connectivity index (χ0n) is 15.1. The van der Waals surface area contributed by atoms with Crippen LogP contribution in [0.1, 0.15) is 5.56 Å². The number of anilines is 2. The molecule has 0 radical (unpaired) electrons. The summed E-state index contributed by atoms with van der Waals surface area (Å²) < 4.78 is 40.3. The SMILES string of the molecule is N#CCc1ccc(NC(=O)CN(c2ccc(F)cc2)S(=O)(=O)c2cccs2)cc1. The Morgan fingerprint density at radius 3 is 2.38 bits per heavy atom.